The fraction of sp³-hybridized carbons (Fsp3) is 0.0840. The molecule has 0 unspecified atom stereocenters. The lowest BCUT2D eigenvalue weighted by Gasteiger charge is -2.21. The van der Waals surface area contributed by atoms with E-state index in [-0.39, 0.29) is 21.5 Å². The number of para-hydroxylation sites is 5. The molecule has 12 heteroatoms. The average Bonchev–Trinajstić information content (AvgIpc) is 1.54. The molecule has 0 aliphatic heterocycles. The number of hydrogen-bond donors (Lipinski definition) is 0. The molecular formula is C131H92Cl3N9. The van der Waals surface area contributed by atoms with E-state index in [9.17, 15) is 0 Å². The molecule has 9 nitrogen and oxygen atoms in total. The predicted octanol–water partition coefficient (Wildman–Crippen LogP) is 34.6. The summed E-state index contributed by atoms with van der Waals surface area (Å²) >= 11 is 18.8. The second-order valence-corrected chi connectivity index (χ2v) is 40.6. The van der Waals surface area contributed by atoms with Crippen LogP contribution in [0.1, 0.15) is 97.2 Å². The van der Waals surface area contributed by atoms with Crippen molar-refractivity contribution < 1.29 is 0 Å². The number of rotatable bonds is 6. The number of halogens is 3. The molecular weight excluding hydrogens is 1810 g/mol. The van der Waals surface area contributed by atoms with Crippen LogP contribution >= 0.6 is 34.8 Å². The largest absolute Gasteiger partial charge is 0.309 e. The van der Waals surface area contributed by atoms with E-state index in [1.807, 2.05) is 91.0 Å². The quantitative estimate of drug-likeness (QED) is 0.154. The molecule has 19 aromatic carbocycles. The Morgan fingerprint density at radius 2 is 0.566 bits per heavy atom. The van der Waals surface area contributed by atoms with E-state index in [1.54, 1.807) is 0 Å². The molecule has 6 heterocycles. The summed E-state index contributed by atoms with van der Waals surface area (Å²) in [6.07, 6.45) is 2.09. The Hall–Kier alpha value is -16.5. The van der Waals surface area contributed by atoms with Crippen molar-refractivity contribution in [1.82, 2.24) is 43.6 Å². The predicted molar refractivity (Wildman–Crippen MR) is 595 cm³/mol. The normalized spacial score (nSPS) is 13.5. The Morgan fingerprint density at radius 3 is 1.06 bits per heavy atom. The Balaban J connectivity index is 0.0000000993. The molecule has 25 aromatic rings. The second-order valence-electron chi connectivity index (χ2n) is 39.4. The number of benzene rings is 19. The molecule has 0 amide bonds. The third-order valence-corrected chi connectivity index (χ3v) is 31.0. The van der Waals surface area contributed by atoms with Gasteiger partial charge in [0, 0.05) is 108 Å². The van der Waals surface area contributed by atoms with Crippen LogP contribution in [0.5, 0.6) is 0 Å². The van der Waals surface area contributed by atoms with Gasteiger partial charge in [0.1, 0.15) is 0 Å². The van der Waals surface area contributed by atoms with Gasteiger partial charge in [-0.3, -0.25) is 9.13 Å². The Bertz CT molecular complexity index is 9470. The monoisotopic (exact) mass is 1900 g/mol. The molecule has 5 aliphatic rings. The number of aromatic nitrogens is 9. The summed E-state index contributed by atoms with van der Waals surface area (Å²) in [5, 5.41) is 12.1. The second kappa shape index (κ2) is 34.2. The third kappa shape index (κ3) is 14.2. The van der Waals surface area contributed by atoms with Gasteiger partial charge in [-0.1, -0.05) is 423 Å². The van der Waals surface area contributed by atoms with Crippen molar-refractivity contribution in [3.05, 3.63) is 496 Å². The van der Waals surface area contributed by atoms with Crippen molar-refractivity contribution in [3.8, 4) is 107 Å². The van der Waals surface area contributed by atoms with Crippen molar-refractivity contribution in [1.29, 1.82) is 0 Å². The molecule has 0 saturated heterocycles. The standard InChI is InChI=1S/C47H32N4.C35H24ClN3.C22H17Cl.C14H9ClN2.C13H10/c1-47(2)37-20-10-6-18-35(37)43-38(47)27-26-34-33-25-24-30(50-40-22-12-8-16-31(40)32-17-9-13-23-41(32)50)28-42(33)51(45(34)43)46-48-39-21-11-7-19-36(39)44(49-46)29-14-4-3-5-15-29;1-35(2)27-14-8-6-12-25(27)31-28(35)19-18-24-23-17-16-22(36)20-30(23)39(33(24)31)34-37-29-15-9-7-13-26(29)32(38-34)21-10-4-3-5-11-21;1-22(2)19-6-4-3-5-17(19)21-18-12-13-11-14(23)7-8-15(13)16(18)9-10-20(21)22;15-14-16-12-9-5-4-8-11(12)13(17-14)10-6-2-1-3-7-10;1-3-7-12-10(5-1)9-11-6-2-4-8-13(11)12/h3-28H,1-2H3;3-20H,1-2H3;3-11H,12H2,1-2H3;1-9H;1-8H,9H2. The molecule has 0 spiro atoms. The molecule has 0 atom stereocenters. The smallest absolute Gasteiger partial charge is 0.235 e. The fourth-order valence-corrected chi connectivity index (χ4v) is 24.2. The highest BCUT2D eigenvalue weighted by atomic mass is 35.5. The minimum Gasteiger partial charge on any atom is -0.309 e. The zero-order valence-corrected chi connectivity index (χ0v) is 81.8. The maximum absolute atomic E-state index is 6.62. The zero-order valence-electron chi connectivity index (χ0n) is 79.5. The topological polar surface area (TPSA) is 92.1 Å². The summed E-state index contributed by atoms with van der Waals surface area (Å²) in [7, 11) is 0. The Morgan fingerprint density at radius 1 is 0.224 bits per heavy atom. The Kier molecular flexibility index (Phi) is 20.7. The van der Waals surface area contributed by atoms with Crippen molar-refractivity contribution in [3.63, 3.8) is 0 Å². The highest BCUT2D eigenvalue weighted by Gasteiger charge is 2.42. The van der Waals surface area contributed by atoms with E-state index in [0.717, 1.165) is 117 Å². The fourth-order valence-electron chi connectivity index (χ4n) is 23.7. The Labute approximate surface area is 843 Å². The van der Waals surface area contributed by atoms with E-state index in [4.69, 9.17) is 54.7 Å². The molecule has 0 N–H and O–H groups in total. The first-order chi connectivity index (χ1) is 70.0. The number of hydrogen-bond acceptors (Lipinski definition) is 6. The average molecular weight is 1900 g/mol. The lowest BCUT2D eigenvalue weighted by molar-refractivity contribution is 0.660. The van der Waals surface area contributed by atoms with Crippen LogP contribution in [-0.2, 0) is 29.1 Å². The molecule has 0 radical (unpaired) electrons. The maximum Gasteiger partial charge on any atom is 0.235 e. The van der Waals surface area contributed by atoms with Gasteiger partial charge >= 0.3 is 0 Å². The minimum atomic E-state index is -0.144. The van der Waals surface area contributed by atoms with E-state index in [1.165, 1.54) is 149 Å². The summed E-state index contributed by atoms with van der Waals surface area (Å²) in [6, 6.07) is 150. The highest BCUT2D eigenvalue weighted by Crippen LogP contribution is 2.58. The molecule has 0 bridgehead atoms. The van der Waals surface area contributed by atoms with Crippen LogP contribution in [-0.4, -0.2) is 43.6 Å². The third-order valence-electron chi connectivity index (χ3n) is 30.3. The summed E-state index contributed by atoms with van der Waals surface area (Å²) in [4.78, 5) is 29.8. The first-order valence-corrected chi connectivity index (χ1v) is 50.0. The van der Waals surface area contributed by atoms with E-state index >= 15 is 0 Å². The lowest BCUT2D eigenvalue weighted by Crippen LogP contribution is -2.14. The van der Waals surface area contributed by atoms with Crippen molar-refractivity contribution in [2.45, 2.75) is 70.6 Å². The molecule has 682 valence electrons. The molecule has 30 rings (SSSR count). The van der Waals surface area contributed by atoms with Gasteiger partial charge in [-0.2, -0.15) is 0 Å². The first kappa shape index (κ1) is 86.8. The first-order valence-electron chi connectivity index (χ1n) is 48.9. The van der Waals surface area contributed by atoms with E-state index in [2.05, 4.69) is 399 Å². The molecule has 0 fully saturated rings. The molecule has 143 heavy (non-hydrogen) atoms. The van der Waals surface area contributed by atoms with Crippen LogP contribution < -0.4 is 0 Å². The molecule has 5 aliphatic carbocycles. The maximum atomic E-state index is 6.62. The number of fused-ring (bicyclic) bond motifs is 30. The summed E-state index contributed by atoms with van der Waals surface area (Å²) in [6.45, 7) is 14.0. The van der Waals surface area contributed by atoms with Crippen LogP contribution in [0.2, 0.25) is 15.3 Å². The lowest BCUT2D eigenvalue weighted by atomic mass is 9.82. The van der Waals surface area contributed by atoms with E-state index in [0.29, 0.717) is 16.9 Å². The van der Waals surface area contributed by atoms with Crippen molar-refractivity contribution in [2.24, 2.45) is 0 Å². The zero-order chi connectivity index (χ0) is 96.3. The van der Waals surface area contributed by atoms with E-state index < -0.39 is 0 Å². The van der Waals surface area contributed by atoms with Gasteiger partial charge in [0.2, 0.25) is 17.2 Å². The SMILES string of the molecule is CC1(C)c2ccccc2-c2c1ccc1c2Cc2cc(Cl)ccc2-1.CC1(C)c2ccccc2-c2c1ccc1c3ccc(-n4c5ccccc5c5ccccc54)cc3n(-c3nc(-c4ccccc4)c4ccccc4n3)c21.CC1(C)c2ccccc2-c2c1ccc1c3ccc(Cl)cc3n(-c3nc(-c4ccccc4)c4ccccc4n3)c21.Clc1nc(-c2ccccc2)c2ccccc2n1.c1ccc2c(c1)Cc1ccccc1-2. The molecule has 0 saturated carbocycles. The van der Waals surface area contributed by atoms with Gasteiger partial charge in [-0.25, -0.2) is 29.9 Å². The van der Waals surface area contributed by atoms with Gasteiger partial charge < -0.3 is 4.57 Å². The van der Waals surface area contributed by atoms with Crippen molar-refractivity contribution in [2.75, 3.05) is 0 Å². The van der Waals surface area contributed by atoms with Gasteiger partial charge in [0.05, 0.1) is 66.7 Å². The van der Waals surface area contributed by atoms with Crippen LogP contribution in [0.3, 0.4) is 0 Å². The molecule has 6 aromatic heterocycles. The highest BCUT2D eigenvalue weighted by molar-refractivity contribution is 6.32. The summed E-state index contributed by atoms with van der Waals surface area (Å²) in [5.74, 6) is 1.31. The van der Waals surface area contributed by atoms with Gasteiger partial charge in [0.25, 0.3) is 0 Å². The summed E-state index contributed by atoms with van der Waals surface area (Å²) in [5.41, 5.74) is 43.7. The van der Waals surface area contributed by atoms with Crippen LogP contribution in [0.15, 0.2) is 425 Å². The van der Waals surface area contributed by atoms with Crippen molar-refractivity contribution >= 4 is 133 Å². The van der Waals surface area contributed by atoms with Gasteiger partial charge in [0.15, 0.2) is 0 Å². The minimum absolute atomic E-state index is 0.0768. The van der Waals surface area contributed by atoms with Crippen LogP contribution in [0.4, 0.5) is 0 Å². The number of nitrogens with zero attached hydrogens (tertiary/aromatic N) is 9. The van der Waals surface area contributed by atoms with Gasteiger partial charge in [-0.15, -0.1) is 0 Å². The van der Waals surface area contributed by atoms with Crippen LogP contribution in [0.25, 0.3) is 205 Å². The van der Waals surface area contributed by atoms with Gasteiger partial charge in [-0.05, 0) is 191 Å². The van der Waals surface area contributed by atoms with Crippen LogP contribution in [0, 0.1) is 0 Å². The summed E-state index contributed by atoms with van der Waals surface area (Å²) < 4.78 is 6.97.